The number of nitrogens with one attached hydrogen (secondary N) is 2. The average Bonchev–Trinajstić information content (AvgIpc) is 3.57. The molecule has 3 N–H and O–H groups in total. The van der Waals surface area contributed by atoms with Gasteiger partial charge in [0.1, 0.15) is 12.1 Å². The van der Waals surface area contributed by atoms with Crippen LogP contribution in [0.5, 0.6) is 0 Å². The second-order valence-electron chi connectivity index (χ2n) is 9.62. The summed E-state index contributed by atoms with van der Waals surface area (Å²) in [5, 5.41) is 16.1. The number of rotatable bonds is 4. The molecule has 3 saturated heterocycles. The third-order valence-corrected chi connectivity index (χ3v) is 7.56. The minimum Gasteiger partial charge on any atom is -0.378 e. The van der Waals surface area contributed by atoms with Gasteiger partial charge in [-0.25, -0.2) is 0 Å². The SMILES string of the molecule is O=C(N[C@H]1C[C@@H]2C(=O)N[C@H]3CCN(C(=O)C4CCCC4)[C@@H]3C(=O)N2C1)[C@@H](O)c1ccccc1. The van der Waals surface area contributed by atoms with Gasteiger partial charge in [-0.2, -0.15) is 0 Å². The number of benzene rings is 1. The Hall–Kier alpha value is -2.94. The molecule has 0 unspecified atom stereocenters. The number of nitrogens with zero attached hydrogens (tertiary/aromatic N) is 2. The van der Waals surface area contributed by atoms with E-state index >= 15 is 0 Å². The van der Waals surface area contributed by atoms with E-state index < -0.39 is 30.1 Å². The summed E-state index contributed by atoms with van der Waals surface area (Å²) in [6, 6.07) is 6.42. The Kier molecular flexibility index (Phi) is 5.82. The molecule has 176 valence electrons. The summed E-state index contributed by atoms with van der Waals surface area (Å²) in [5.41, 5.74) is 0.478. The van der Waals surface area contributed by atoms with Crippen LogP contribution in [0.3, 0.4) is 0 Å². The van der Waals surface area contributed by atoms with Gasteiger partial charge in [0.2, 0.25) is 17.7 Å². The van der Waals surface area contributed by atoms with E-state index in [0.717, 1.165) is 25.7 Å². The van der Waals surface area contributed by atoms with Crippen LogP contribution < -0.4 is 10.6 Å². The Labute approximate surface area is 192 Å². The minimum absolute atomic E-state index is 0.0242. The maximum absolute atomic E-state index is 13.5. The number of hydrogen-bond acceptors (Lipinski definition) is 5. The second-order valence-corrected chi connectivity index (χ2v) is 9.62. The molecule has 0 radical (unpaired) electrons. The number of aliphatic hydroxyl groups excluding tert-OH is 1. The highest BCUT2D eigenvalue weighted by Crippen LogP contribution is 2.33. The van der Waals surface area contributed by atoms with Gasteiger partial charge in [0.25, 0.3) is 5.91 Å². The van der Waals surface area contributed by atoms with Crippen molar-refractivity contribution in [3.05, 3.63) is 35.9 Å². The van der Waals surface area contributed by atoms with Crippen LogP contribution in [0.1, 0.15) is 50.2 Å². The third-order valence-electron chi connectivity index (χ3n) is 7.56. The van der Waals surface area contributed by atoms with Gasteiger partial charge >= 0.3 is 0 Å². The molecule has 0 aromatic heterocycles. The van der Waals surface area contributed by atoms with Crippen molar-refractivity contribution in [2.24, 2.45) is 5.92 Å². The van der Waals surface area contributed by atoms with Crippen LogP contribution in [0.4, 0.5) is 0 Å². The summed E-state index contributed by atoms with van der Waals surface area (Å²) in [5.74, 6) is -1.04. The van der Waals surface area contributed by atoms with Crippen molar-refractivity contribution in [2.45, 2.75) is 68.8 Å². The van der Waals surface area contributed by atoms with Gasteiger partial charge in [0, 0.05) is 25.0 Å². The van der Waals surface area contributed by atoms with Crippen molar-refractivity contribution in [2.75, 3.05) is 13.1 Å². The van der Waals surface area contributed by atoms with Gasteiger partial charge in [-0.15, -0.1) is 0 Å². The predicted octanol–water partition coefficient (Wildman–Crippen LogP) is 0.0952. The van der Waals surface area contributed by atoms with Crippen molar-refractivity contribution in [1.82, 2.24) is 20.4 Å². The van der Waals surface area contributed by atoms with Gasteiger partial charge < -0.3 is 25.5 Å². The van der Waals surface area contributed by atoms with Gasteiger partial charge in [0.15, 0.2) is 6.10 Å². The van der Waals surface area contributed by atoms with Crippen LogP contribution in [-0.2, 0) is 19.2 Å². The second kappa shape index (κ2) is 8.78. The quantitative estimate of drug-likeness (QED) is 0.596. The molecule has 1 aromatic rings. The van der Waals surface area contributed by atoms with Crippen LogP contribution in [0.25, 0.3) is 0 Å². The topological polar surface area (TPSA) is 119 Å². The van der Waals surface area contributed by atoms with Crippen LogP contribution in [-0.4, -0.2) is 75.8 Å². The molecule has 5 rings (SSSR count). The molecule has 0 bridgehead atoms. The van der Waals surface area contributed by atoms with E-state index in [2.05, 4.69) is 10.6 Å². The fourth-order valence-corrected chi connectivity index (χ4v) is 5.85. The van der Waals surface area contributed by atoms with Gasteiger partial charge in [0.05, 0.1) is 6.04 Å². The van der Waals surface area contributed by atoms with E-state index in [0.29, 0.717) is 18.5 Å². The first-order chi connectivity index (χ1) is 15.9. The fourth-order valence-electron chi connectivity index (χ4n) is 5.85. The number of fused-ring (bicyclic) bond motifs is 2. The highest BCUT2D eigenvalue weighted by molar-refractivity contribution is 5.97. The number of carbonyl (C=O) groups is 4. The smallest absolute Gasteiger partial charge is 0.253 e. The van der Waals surface area contributed by atoms with Crippen molar-refractivity contribution in [3.63, 3.8) is 0 Å². The number of aliphatic hydroxyl groups is 1. The van der Waals surface area contributed by atoms with E-state index in [-0.39, 0.29) is 42.6 Å². The molecule has 4 aliphatic rings. The standard InChI is InChI=1S/C24H30N4O5/c29-20(14-6-2-1-3-7-14)22(31)25-16-12-18-21(30)26-17-10-11-27(19(17)24(33)28(18)13-16)23(32)15-8-4-5-9-15/h1-3,6-7,15-20,29H,4-5,8-13H2,(H,25,31)(H,26,30)/t16-,17-,18+,19-,20-/m0/s1. The molecule has 3 heterocycles. The molecule has 1 aromatic carbocycles. The molecule has 33 heavy (non-hydrogen) atoms. The van der Waals surface area contributed by atoms with E-state index in [4.69, 9.17) is 0 Å². The summed E-state index contributed by atoms with van der Waals surface area (Å²) < 4.78 is 0. The Balaban J connectivity index is 1.29. The molecular formula is C24H30N4O5. The molecule has 1 saturated carbocycles. The number of likely N-dealkylation sites (tertiary alicyclic amines) is 1. The predicted molar refractivity (Wildman–Crippen MR) is 117 cm³/mol. The normalized spacial score (nSPS) is 30.5. The summed E-state index contributed by atoms with van der Waals surface area (Å²) in [6.45, 7) is 0.650. The molecule has 9 nitrogen and oxygen atoms in total. The Morgan fingerprint density at radius 1 is 1.09 bits per heavy atom. The Morgan fingerprint density at radius 2 is 1.82 bits per heavy atom. The van der Waals surface area contributed by atoms with Crippen molar-refractivity contribution >= 4 is 23.6 Å². The number of hydrogen-bond donors (Lipinski definition) is 3. The molecule has 4 amide bonds. The lowest BCUT2D eigenvalue weighted by atomic mass is 10.0. The Morgan fingerprint density at radius 3 is 2.55 bits per heavy atom. The van der Waals surface area contributed by atoms with E-state index in [1.807, 2.05) is 0 Å². The van der Waals surface area contributed by atoms with Crippen LogP contribution in [0.15, 0.2) is 30.3 Å². The average molecular weight is 455 g/mol. The van der Waals surface area contributed by atoms with E-state index in [9.17, 15) is 24.3 Å². The molecular weight excluding hydrogens is 424 g/mol. The lowest BCUT2D eigenvalue weighted by Gasteiger charge is -2.31. The zero-order valence-electron chi connectivity index (χ0n) is 18.5. The number of amides is 4. The van der Waals surface area contributed by atoms with Crippen LogP contribution in [0, 0.1) is 5.92 Å². The molecule has 0 spiro atoms. The van der Waals surface area contributed by atoms with E-state index in [1.165, 1.54) is 4.90 Å². The van der Waals surface area contributed by atoms with Gasteiger partial charge in [-0.3, -0.25) is 19.2 Å². The maximum atomic E-state index is 13.5. The molecule has 4 fully saturated rings. The lowest BCUT2D eigenvalue weighted by molar-refractivity contribution is -0.146. The van der Waals surface area contributed by atoms with Crippen LogP contribution >= 0.6 is 0 Å². The zero-order valence-corrected chi connectivity index (χ0v) is 18.5. The Bertz CT molecular complexity index is 947. The molecule has 3 aliphatic heterocycles. The van der Waals surface area contributed by atoms with Gasteiger partial charge in [-0.05, 0) is 31.2 Å². The van der Waals surface area contributed by atoms with Crippen molar-refractivity contribution in [1.29, 1.82) is 0 Å². The summed E-state index contributed by atoms with van der Waals surface area (Å²) >= 11 is 0. The highest BCUT2D eigenvalue weighted by Gasteiger charge is 2.53. The highest BCUT2D eigenvalue weighted by atomic mass is 16.3. The van der Waals surface area contributed by atoms with Crippen molar-refractivity contribution in [3.8, 4) is 0 Å². The first kappa shape index (κ1) is 21.9. The number of carbonyl (C=O) groups excluding carboxylic acids is 4. The molecule has 5 atom stereocenters. The van der Waals surface area contributed by atoms with Gasteiger partial charge in [-0.1, -0.05) is 43.2 Å². The molecule has 1 aliphatic carbocycles. The minimum atomic E-state index is -1.32. The third kappa shape index (κ3) is 3.99. The lowest BCUT2D eigenvalue weighted by Crippen LogP contribution is -2.53. The zero-order chi connectivity index (χ0) is 23.1. The first-order valence-corrected chi connectivity index (χ1v) is 11.9. The summed E-state index contributed by atoms with van der Waals surface area (Å²) in [6.07, 6.45) is 3.32. The molecule has 9 heteroatoms. The van der Waals surface area contributed by atoms with Crippen molar-refractivity contribution < 1.29 is 24.3 Å². The summed E-state index contributed by atoms with van der Waals surface area (Å²) in [7, 11) is 0. The maximum Gasteiger partial charge on any atom is 0.253 e. The first-order valence-electron chi connectivity index (χ1n) is 11.9. The monoisotopic (exact) mass is 454 g/mol. The van der Waals surface area contributed by atoms with E-state index in [1.54, 1.807) is 35.2 Å². The fraction of sp³-hybridized carbons (Fsp3) is 0.583. The largest absolute Gasteiger partial charge is 0.378 e. The summed E-state index contributed by atoms with van der Waals surface area (Å²) in [4.78, 5) is 55.4. The van der Waals surface area contributed by atoms with Crippen LogP contribution in [0.2, 0.25) is 0 Å².